The van der Waals surface area contributed by atoms with Gasteiger partial charge in [0.05, 0.1) is 25.2 Å². The Morgan fingerprint density at radius 1 is 0.697 bits per heavy atom. The fourth-order valence-corrected chi connectivity index (χ4v) is 3.47. The van der Waals surface area contributed by atoms with E-state index in [9.17, 15) is 18.4 Å². The van der Waals surface area contributed by atoms with Crippen LogP contribution in [0.25, 0.3) is 0 Å². The molecule has 2 unspecified atom stereocenters. The van der Waals surface area contributed by atoms with Gasteiger partial charge in [0.15, 0.2) is 0 Å². The molecule has 0 saturated heterocycles. The van der Waals surface area contributed by atoms with Crippen LogP contribution in [0.4, 0.5) is 14.5 Å². The van der Waals surface area contributed by atoms with Gasteiger partial charge < -0.3 is 15.5 Å². The van der Waals surface area contributed by atoms with E-state index in [1.807, 2.05) is 44.2 Å². The highest BCUT2D eigenvalue weighted by Crippen LogP contribution is 2.16. The van der Waals surface area contributed by atoms with Crippen molar-refractivity contribution >= 4 is 17.5 Å². The second-order valence-electron chi connectivity index (χ2n) is 7.87. The van der Waals surface area contributed by atoms with E-state index >= 15 is 0 Å². The number of amides is 2. The zero-order valence-corrected chi connectivity index (χ0v) is 18.6. The van der Waals surface area contributed by atoms with E-state index in [0.717, 1.165) is 16.8 Å². The number of hydrogen-bond acceptors (Lipinski definition) is 3. The van der Waals surface area contributed by atoms with E-state index < -0.39 is 0 Å². The van der Waals surface area contributed by atoms with Gasteiger partial charge in [0.2, 0.25) is 11.8 Å². The van der Waals surface area contributed by atoms with Gasteiger partial charge in [-0.15, -0.1) is 0 Å². The molecule has 0 spiro atoms. The van der Waals surface area contributed by atoms with Crippen LogP contribution >= 0.6 is 0 Å². The van der Waals surface area contributed by atoms with Gasteiger partial charge in [0, 0.05) is 5.69 Å². The standard InChI is InChI=1S/C26H27F2N3O2/c1-18(20-8-12-22(27)13-9-20)29-25(32)16-31(24-6-4-3-5-7-24)17-26(33)30-19(2)21-10-14-23(28)15-11-21/h3-15,18-19H,16-17H2,1-2H3,(H,29,32)(H,30,33). The van der Waals surface area contributed by atoms with Gasteiger partial charge in [-0.25, -0.2) is 8.78 Å². The van der Waals surface area contributed by atoms with Crippen molar-refractivity contribution in [1.82, 2.24) is 10.6 Å². The summed E-state index contributed by atoms with van der Waals surface area (Å²) in [6.45, 7) is 3.56. The van der Waals surface area contributed by atoms with Crippen molar-refractivity contribution in [3.63, 3.8) is 0 Å². The topological polar surface area (TPSA) is 61.4 Å². The molecule has 33 heavy (non-hydrogen) atoms. The lowest BCUT2D eigenvalue weighted by atomic mass is 10.1. The molecule has 0 aliphatic heterocycles. The molecule has 0 aliphatic rings. The molecule has 0 aromatic heterocycles. The van der Waals surface area contributed by atoms with Gasteiger partial charge in [-0.2, -0.15) is 0 Å². The van der Waals surface area contributed by atoms with E-state index in [4.69, 9.17) is 0 Å². The van der Waals surface area contributed by atoms with Crippen molar-refractivity contribution in [2.45, 2.75) is 25.9 Å². The van der Waals surface area contributed by atoms with Crippen LogP contribution < -0.4 is 15.5 Å². The minimum absolute atomic E-state index is 0.0338. The summed E-state index contributed by atoms with van der Waals surface area (Å²) < 4.78 is 26.3. The van der Waals surface area contributed by atoms with Crippen LogP contribution in [0.15, 0.2) is 78.9 Å². The highest BCUT2D eigenvalue weighted by molar-refractivity contribution is 5.86. The third kappa shape index (κ3) is 7.14. The van der Waals surface area contributed by atoms with Crippen molar-refractivity contribution < 1.29 is 18.4 Å². The van der Waals surface area contributed by atoms with E-state index in [1.54, 1.807) is 29.2 Å². The Hall–Kier alpha value is -3.74. The fourth-order valence-electron chi connectivity index (χ4n) is 3.47. The Balaban J connectivity index is 1.64. The maximum Gasteiger partial charge on any atom is 0.240 e. The molecular weight excluding hydrogens is 424 g/mol. The molecule has 0 radical (unpaired) electrons. The van der Waals surface area contributed by atoms with Crippen molar-refractivity contribution in [1.29, 1.82) is 0 Å². The summed E-state index contributed by atoms with van der Waals surface area (Å²) in [5.41, 5.74) is 2.29. The molecule has 3 aromatic rings. The Labute approximate surface area is 192 Å². The largest absolute Gasteiger partial charge is 0.353 e. The number of nitrogens with zero attached hydrogens (tertiary/aromatic N) is 1. The first-order valence-electron chi connectivity index (χ1n) is 10.7. The lowest BCUT2D eigenvalue weighted by Crippen LogP contribution is -2.44. The minimum Gasteiger partial charge on any atom is -0.353 e. The second kappa shape index (κ2) is 11.2. The van der Waals surface area contributed by atoms with Gasteiger partial charge in [-0.1, -0.05) is 42.5 Å². The van der Waals surface area contributed by atoms with Crippen LogP contribution in [0.1, 0.15) is 37.1 Å². The number of rotatable bonds is 9. The first-order valence-corrected chi connectivity index (χ1v) is 10.7. The Kier molecular flexibility index (Phi) is 8.13. The molecule has 5 nitrogen and oxygen atoms in total. The van der Waals surface area contributed by atoms with E-state index in [0.29, 0.717) is 0 Å². The van der Waals surface area contributed by atoms with Crippen LogP contribution in [0.3, 0.4) is 0 Å². The van der Waals surface area contributed by atoms with E-state index in [2.05, 4.69) is 10.6 Å². The molecule has 2 amide bonds. The van der Waals surface area contributed by atoms with E-state index in [-0.39, 0.29) is 48.6 Å². The quantitative estimate of drug-likeness (QED) is 0.503. The summed E-state index contributed by atoms with van der Waals surface area (Å²) in [5, 5.41) is 5.78. The number of halogens is 2. The third-order valence-corrected chi connectivity index (χ3v) is 5.29. The lowest BCUT2D eigenvalue weighted by molar-refractivity contribution is -0.121. The van der Waals surface area contributed by atoms with Crippen molar-refractivity contribution in [3.8, 4) is 0 Å². The Morgan fingerprint density at radius 2 is 1.09 bits per heavy atom. The summed E-state index contributed by atoms with van der Waals surface area (Å²) in [7, 11) is 0. The van der Waals surface area contributed by atoms with Crippen LogP contribution in [0.5, 0.6) is 0 Å². The summed E-state index contributed by atoms with van der Waals surface area (Å²) >= 11 is 0. The SMILES string of the molecule is CC(NC(=O)CN(CC(=O)NC(C)c1ccc(F)cc1)c1ccccc1)c1ccc(F)cc1. The molecule has 172 valence electrons. The number of benzene rings is 3. The van der Waals surface area contributed by atoms with E-state index in [1.165, 1.54) is 24.3 Å². The molecule has 0 heterocycles. The number of carbonyl (C=O) groups is 2. The first-order chi connectivity index (χ1) is 15.8. The first kappa shape index (κ1) is 23.9. The summed E-state index contributed by atoms with van der Waals surface area (Å²) in [4.78, 5) is 27.2. The average molecular weight is 452 g/mol. The van der Waals surface area contributed by atoms with Gasteiger partial charge in [-0.3, -0.25) is 9.59 Å². The van der Waals surface area contributed by atoms with Gasteiger partial charge in [-0.05, 0) is 61.4 Å². The third-order valence-electron chi connectivity index (χ3n) is 5.29. The Morgan fingerprint density at radius 3 is 1.48 bits per heavy atom. The summed E-state index contributed by atoms with van der Waals surface area (Å²) in [5.74, 6) is -1.22. The molecule has 2 atom stereocenters. The second-order valence-corrected chi connectivity index (χ2v) is 7.87. The molecule has 7 heteroatoms. The van der Waals surface area contributed by atoms with Crippen LogP contribution in [0.2, 0.25) is 0 Å². The smallest absolute Gasteiger partial charge is 0.240 e. The zero-order chi connectivity index (χ0) is 23.8. The maximum atomic E-state index is 13.2. The van der Waals surface area contributed by atoms with Gasteiger partial charge >= 0.3 is 0 Å². The van der Waals surface area contributed by atoms with Crippen LogP contribution in [0, 0.1) is 11.6 Å². The normalized spacial score (nSPS) is 12.5. The van der Waals surface area contributed by atoms with Crippen molar-refractivity contribution in [2.75, 3.05) is 18.0 Å². The lowest BCUT2D eigenvalue weighted by Gasteiger charge is -2.26. The Bertz CT molecular complexity index is 990. The number of hydrogen-bond donors (Lipinski definition) is 2. The van der Waals surface area contributed by atoms with Crippen molar-refractivity contribution in [3.05, 3.63) is 102 Å². The number of anilines is 1. The van der Waals surface area contributed by atoms with Gasteiger partial charge in [0.25, 0.3) is 0 Å². The highest BCUT2D eigenvalue weighted by Gasteiger charge is 2.19. The maximum absolute atomic E-state index is 13.2. The van der Waals surface area contributed by atoms with Crippen LogP contribution in [-0.2, 0) is 9.59 Å². The predicted molar refractivity (Wildman–Crippen MR) is 125 cm³/mol. The molecular formula is C26H27F2N3O2. The molecule has 0 aliphatic carbocycles. The summed E-state index contributed by atoms with van der Waals surface area (Å²) in [6, 6.07) is 20.4. The molecule has 0 fully saturated rings. The van der Waals surface area contributed by atoms with Crippen molar-refractivity contribution in [2.24, 2.45) is 0 Å². The predicted octanol–water partition coefficient (Wildman–Crippen LogP) is 4.53. The number of nitrogens with one attached hydrogen (secondary N) is 2. The molecule has 2 N–H and O–H groups in total. The summed E-state index contributed by atoms with van der Waals surface area (Å²) in [6.07, 6.45) is 0. The monoisotopic (exact) mass is 451 g/mol. The molecule has 0 bridgehead atoms. The van der Waals surface area contributed by atoms with Gasteiger partial charge in [0.1, 0.15) is 11.6 Å². The molecule has 3 aromatic carbocycles. The minimum atomic E-state index is -0.339. The fraction of sp³-hybridized carbons (Fsp3) is 0.231. The number of para-hydroxylation sites is 1. The molecule has 0 saturated carbocycles. The average Bonchev–Trinajstić information content (AvgIpc) is 2.80. The number of carbonyl (C=O) groups excluding carboxylic acids is 2. The highest BCUT2D eigenvalue weighted by atomic mass is 19.1. The zero-order valence-electron chi connectivity index (χ0n) is 18.6. The van der Waals surface area contributed by atoms with Crippen LogP contribution in [-0.4, -0.2) is 24.9 Å². The molecule has 3 rings (SSSR count).